The van der Waals surface area contributed by atoms with Gasteiger partial charge in [0.15, 0.2) is 0 Å². The number of ether oxygens (including phenoxy) is 1. The van der Waals surface area contributed by atoms with E-state index in [0.717, 1.165) is 21.2 Å². The van der Waals surface area contributed by atoms with Crippen molar-refractivity contribution in [2.24, 2.45) is 5.73 Å². The lowest BCUT2D eigenvalue weighted by Crippen LogP contribution is -2.17. The van der Waals surface area contributed by atoms with Crippen LogP contribution < -0.4 is 10.5 Å². The van der Waals surface area contributed by atoms with Gasteiger partial charge in [0, 0.05) is 20.1 Å². The van der Waals surface area contributed by atoms with Crippen LogP contribution in [-0.2, 0) is 0 Å². The number of nitrogens with two attached hydrogens (primary N) is 1. The Morgan fingerprint density at radius 1 is 1.14 bits per heavy atom. The van der Waals surface area contributed by atoms with Crippen molar-refractivity contribution in [3.05, 3.63) is 61.3 Å². The predicted molar refractivity (Wildman–Crippen MR) is 90.3 cm³/mol. The Morgan fingerprint density at radius 2 is 1.81 bits per heavy atom. The van der Waals surface area contributed by atoms with Gasteiger partial charge in [-0.25, -0.2) is 4.39 Å². The van der Waals surface area contributed by atoms with E-state index in [1.54, 1.807) is 19.2 Å². The molecule has 0 bridgehead atoms. The van der Waals surface area contributed by atoms with Crippen molar-refractivity contribution in [3.8, 4) is 5.75 Å². The summed E-state index contributed by atoms with van der Waals surface area (Å²) in [6.07, 6.45) is 0. The molecule has 0 heterocycles. The topological polar surface area (TPSA) is 35.2 Å². The van der Waals surface area contributed by atoms with E-state index in [1.807, 2.05) is 19.9 Å². The van der Waals surface area contributed by atoms with Crippen LogP contribution in [0.15, 0.2) is 33.2 Å². The number of hydrogen-bond donors (Lipinski definition) is 1. The Hall–Kier alpha value is -0.910. The summed E-state index contributed by atoms with van der Waals surface area (Å²) in [5.41, 5.74) is 9.47. The van der Waals surface area contributed by atoms with Crippen LogP contribution in [0.5, 0.6) is 5.75 Å². The van der Waals surface area contributed by atoms with E-state index in [1.165, 1.54) is 6.07 Å². The molecule has 2 aromatic rings. The second kappa shape index (κ2) is 6.46. The van der Waals surface area contributed by atoms with Crippen LogP contribution >= 0.6 is 31.9 Å². The Balaban J connectivity index is 2.71. The molecule has 112 valence electrons. The lowest BCUT2D eigenvalue weighted by atomic mass is 9.92. The van der Waals surface area contributed by atoms with E-state index in [4.69, 9.17) is 10.5 Å². The molecule has 2 nitrogen and oxygen atoms in total. The molecule has 2 aromatic carbocycles. The summed E-state index contributed by atoms with van der Waals surface area (Å²) in [5.74, 6) is 0.356. The van der Waals surface area contributed by atoms with Crippen LogP contribution in [0.4, 0.5) is 4.39 Å². The van der Waals surface area contributed by atoms with E-state index >= 15 is 0 Å². The predicted octanol–water partition coefficient (Wildman–Crippen LogP) is 5.02. The summed E-state index contributed by atoms with van der Waals surface area (Å²) >= 11 is 6.90. The van der Waals surface area contributed by atoms with Gasteiger partial charge in [-0.1, -0.05) is 37.9 Å². The summed E-state index contributed by atoms with van der Waals surface area (Å²) in [5, 5.41) is 0. The van der Waals surface area contributed by atoms with Crippen molar-refractivity contribution in [3.63, 3.8) is 0 Å². The molecule has 0 spiro atoms. The Kier molecular flexibility index (Phi) is 5.07. The van der Waals surface area contributed by atoms with Crippen molar-refractivity contribution in [2.75, 3.05) is 7.11 Å². The molecule has 0 amide bonds. The lowest BCUT2D eigenvalue weighted by Gasteiger charge is -2.22. The van der Waals surface area contributed by atoms with E-state index in [-0.39, 0.29) is 5.82 Å². The molecule has 5 heteroatoms. The highest BCUT2D eigenvalue weighted by Gasteiger charge is 2.24. The van der Waals surface area contributed by atoms with Crippen LogP contribution in [0.1, 0.15) is 28.3 Å². The van der Waals surface area contributed by atoms with Crippen molar-refractivity contribution < 1.29 is 9.13 Å². The van der Waals surface area contributed by atoms with Gasteiger partial charge in [-0.3, -0.25) is 0 Å². The third kappa shape index (κ3) is 3.00. The molecular formula is C16H16Br2FNO. The highest BCUT2D eigenvalue weighted by atomic mass is 79.9. The van der Waals surface area contributed by atoms with Crippen LogP contribution in [-0.4, -0.2) is 7.11 Å². The fraction of sp³-hybridized carbons (Fsp3) is 0.250. The second-order valence-electron chi connectivity index (χ2n) is 4.86. The van der Waals surface area contributed by atoms with Gasteiger partial charge in [-0.2, -0.15) is 0 Å². The van der Waals surface area contributed by atoms with Crippen LogP contribution in [0.25, 0.3) is 0 Å². The number of halogens is 3. The molecule has 1 atom stereocenters. The third-order valence-corrected chi connectivity index (χ3v) is 5.05. The van der Waals surface area contributed by atoms with Crippen molar-refractivity contribution >= 4 is 31.9 Å². The van der Waals surface area contributed by atoms with Gasteiger partial charge in [-0.05, 0) is 43.2 Å². The first-order chi connectivity index (χ1) is 9.88. The molecule has 0 fully saturated rings. The monoisotopic (exact) mass is 415 g/mol. The van der Waals surface area contributed by atoms with Crippen molar-refractivity contribution in [1.29, 1.82) is 0 Å². The van der Waals surface area contributed by atoms with E-state index < -0.39 is 6.04 Å². The van der Waals surface area contributed by atoms with Gasteiger partial charge in [0.05, 0.1) is 13.2 Å². The first kappa shape index (κ1) is 16.5. The Bertz CT molecular complexity index is 668. The summed E-state index contributed by atoms with van der Waals surface area (Å²) in [7, 11) is 1.60. The molecule has 21 heavy (non-hydrogen) atoms. The fourth-order valence-electron chi connectivity index (χ4n) is 2.47. The minimum Gasteiger partial charge on any atom is -0.496 e. The Labute approximate surface area is 140 Å². The van der Waals surface area contributed by atoms with E-state index in [9.17, 15) is 4.39 Å². The van der Waals surface area contributed by atoms with Crippen LogP contribution in [0.3, 0.4) is 0 Å². The molecule has 0 aliphatic heterocycles. The van der Waals surface area contributed by atoms with E-state index in [2.05, 4.69) is 31.9 Å². The zero-order valence-corrected chi connectivity index (χ0v) is 15.2. The minimum atomic E-state index is -0.619. The maximum Gasteiger partial charge on any atom is 0.129 e. The molecule has 1 unspecified atom stereocenters. The standard InChI is InChI=1S/C16H16Br2FNO/c1-8-7-11(18)9(2)13(16(8)21-3)15(20)14-10(17)5-4-6-12(14)19/h4-7,15H,20H2,1-3H3. The quantitative estimate of drug-likeness (QED) is 0.761. The summed E-state index contributed by atoms with van der Waals surface area (Å²) < 4.78 is 21.3. The molecule has 0 saturated carbocycles. The largest absolute Gasteiger partial charge is 0.496 e. The third-order valence-electron chi connectivity index (χ3n) is 3.53. The van der Waals surface area contributed by atoms with Crippen molar-refractivity contribution in [1.82, 2.24) is 0 Å². The lowest BCUT2D eigenvalue weighted by molar-refractivity contribution is 0.403. The molecule has 2 N–H and O–H groups in total. The normalized spacial score (nSPS) is 12.3. The summed E-state index contributed by atoms with van der Waals surface area (Å²) in [6.45, 7) is 3.88. The summed E-state index contributed by atoms with van der Waals surface area (Å²) in [6, 6.07) is 6.19. The van der Waals surface area contributed by atoms with Gasteiger partial charge < -0.3 is 10.5 Å². The van der Waals surface area contributed by atoms with Gasteiger partial charge in [0.2, 0.25) is 0 Å². The molecule has 2 rings (SSSR count). The van der Waals surface area contributed by atoms with Gasteiger partial charge in [0.1, 0.15) is 11.6 Å². The number of benzene rings is 2. The maximum absolute atomic E-state index is 14.2. The highest BCUT2D eigenvalue weighted by Crippen LogP contribution is 2.40. The van der Waals surface area contributed by atoms with Gasteiger partial charge in [0.25, 0.3) is 0 Å². The first-order valence-corrected chi connectivity index (χ1v) is 8.00. The minimum absolute atomic E-state index is 0.337. The molecule has 0 radical (unpaired) electrons. The molecule has 0 aliphatic rings. The van der Waals surface area contributed by atoms with Crippen LogP contribution in [0, 0.1) is 19.7 Å². The Morgan fingerprint density at radius 3 is 2.38 bits per heavy atom. The average molecular weight is 417 g/mol. The molecule has 0 aliphatic carbocycles. The number of methoxy groups -OCH3 is 1. The zero-order valence-electron chi connectivity index (χ0n) is 12.0. The van der Waals surface area contributed by atoms with E-state index in [0.29, 0.717) is 15.8 Å². The smallest absolute Gasteiger partial charge is 0.129 e. The zero-order chi connectivity index (χ0) is 15.7. The molecular weight excluding hydrogens is 401 g/mol. The van der Waals surface area contributed by atoms with Gasteiger partial charge >= 0.3 is 0 Å². The van der Waals surface area contributed by atoms with Crippen LogP contribution in [0.2, 0.25) is 0 Å². The molecule has 0 saturated heterocycles. The van der Waals surface area contributed by atoms with Gasteiger partial charge in [-0.15, -0.1) is 0 Å². The second-order valence-corrected chi connectivity index (χ2v) is 6.57. The fourth-order valence-corrected chi connectivity index (χ4v) is 3.62. The number of aryl methyl sites for hydroxylation is 1. The highest BCUT2D eigenvalue weighted by molar-refractivity contribution is 9.10. The summed E-state index contributed by atoms with van der Waals surface area (Å²) in [4.78, 5) is 0. The van der Waals surface area contributed by atoms with Crippen molar-refractivity contribution in [2.45, 2.75) is 19.9 Å². The first-order valence-electron chi connectivity index (χ1n) is 6.41. The number of hydrogen-bond acceptors (Lipinski definition) is 2. The average Bonchev–Trinajstić information content (AvgIpc) is 2.42. The maximum atomic E-state index is 14.2. The molecule has 0 aromatic heterocycles. The number of rotatable bonds is 3. The SMILES string of the molecule is COc1c(C)cc(Br)c(C)c1C(N)c1c(F)cccc1Br.